The largest absolute Gasteiger partial charge is 0.493 e. The minimum absolute atomic E-state index is 0.132. The molecular formula is C15H16N2O2. The lowest BCUT2D eigenvalue weighted by atomic mass is 9.97. The second kappa shape index (κ2) is 4.53. The fourth-order valence-electron chi connectivity index (χ4n) is 2.46. The molecule has 0 spiro atoms. The van der Waals surface area contributed by atoms with Gasteiger partial charge < -0.3 is 4.74 Å². The molecule has 1 N–H and O–H groups in total. The number of H-pyrrole nitrogens is 1. The fourth-order valence-corrected chi connectivity index (χ4v) is 2.46. The van der Waals surface area contributed by atoms with Crippen LogP contribution in [-0.4, -0.2) is 16.8 Å². The molecule has 98 valence electrons. The molecule has 0 atom stereocenters. The molecule has 0 radical (unpaired) electrons. The van der Waals surface area contributed by atoms with Crippen LogP contribution in [-0.2, 0) is 6.42 Å². The number of nitrogens with one attached hydrogen (secondary N) is 1. The third-order valence-electron chi connectivity index (χ3n) is 3.72. The van der Waals surface area contributed by atoms with Gasteiger partial charge in [-0.3, -0.25) is 4.79 Å². The third kappa shape index (κ3) is 1.93. The monoisotopic (exact) mass is 256 g/mol. The number of benzene rings is 1. The fraction of sp³-hybridized carbons (Fsp3) is 0.333. The standard InChI is InChI=1S/C15H16N2O2/c1-9-10(2)15(18)17-16-13(9)12-7-3-5-11-6-4-8-19-14(11)12/h3,5,7H,4,6,8H2,1-2H3,(H,17,18). The van der Waals surface area contributed by atoms with Gasteiger partial charge >= 0.3 is 0 Å². The SMILES string of the molecule is Cc1c(-c2cccc3c2OCCC3)n[nH]c(=O)c1C. The van der Waals surface area contributed by atoms with E-state index < -0.39 is 0 Å². The van der Waals surface area contributed by atoms with Crippen molar-refractivity contribution in [3.8, 4) is 17.0 Å². The number of para-hydroxylation sites is 1. The number of hydrogen-bond acceptors (Lipinski definition) is 3. The lowest BCUT2D eigenvalue weighted by molar-refractivity contribution is 0.289. The molecule has 0 fully saturated rings. The van der Waals surface area contributed by atoms with E-state index in [9.17, 15) is 4.79 Å². The van der Waals surface area contributed by atoms with Gasteiger partial charge in [-0.25, -0.2) is 5.10 Å². The van der Waals surface area contributed by atoms with Gasteiger partial charge in [0.05, 0.1) is 12.3 Å². The van der Waals surface area contributed by atoms with Crippen LogP contribution in [0, 0.1) is 13.8 Å². The lowest BCUT2D eigenvalue weighted by Gasteiger charge is -2.20. The minimum Gasteiger partial charge on any atom is -0.493 e. The van der Waals surface area contributed by atoms with Crippen LogP contribution in [0.25, 0.3) is 11.3 Å². The Morgan fingerprint density at radius 1 is 1.26 bits per heavy atom. The molecule has 1 aliphatic rings. The molecule has 0 bridgehead atoms. The summed E-state index contributed by atoms with van der Waals surface area (Å²) in [4.78, 5) is 11.6. The van der Waals surface area contributed by atoms with Gasteiger partial charge in [-0.1, -0.05) is 12.1 Å². The predicted molar refractivity (Wildman–Crippen MR) is 73.6 cm³/mol. The van der Waals surface area contributed by atoms with Crippen LogP contribution >= 0.6 is 0 Å². The number of nitrogens with zero attached hydrogens (tertiary/aromatic N) is 1. The van der Waals surface area contributed by atoms with Gasteiger partial charge in [0.2, 0.25) is 0 Å². The average molecular weight is 256 g/mol. The molecule has 0 unspecified atom stereocenters. The van der Waals surface area contributed by atoms with Crippen molar-refractivity contribution >= 4 is 0 Å². The molecule has 4 heteroatoms. The Hall–Kier alpha value is -2.10. The molecule has 0 saturated carbocycles. The Morgan fingerprint density at radius 3 is 2.95 bits per heavy atom. The summed E-state index contributed by atoms with van der Waals surface area (Å²) >= 11 is 0. The van der Waals surface area contributed by atoms with Crippen LogP contribution in [0.2, 0.25) is 0 Å². The van der Waals surface area contributed by atoms with Gasteiger partial charge in [0.25, 0.3) is 5.56 Å². The molecule has 1 aromatic carbocycles. The Bertz CT molecular complexity index is 689. The van der Waals surface area contributed by atoms with Crippen molar-refractivity contribution in [1.29, 1.82) is 0 Å². The summed E-state index contributed by atoms with van der Waals surface area (Å²) in [6.07, 6.45) is 2.08. The molecule has 0 aliphatic carbocycles. The van der Waals surface area contributed by atoms with E-state index in [0.717, 1.165) is 42.0 Å². The van der Waals surface area contributed by atoms with Gasteiger partial charge in [0.15, 0.2) is 0 Å². The van der Waals surface area contributed by atoms with Crippen molar-refractivity contribution in [3.63, 3.8) is 0 Å². The van der Waals surface area contributed by atoms with E-state index in [1.165, 1.54) is 5.56 Å². The van der Waals surface area contributed by atoms with Crippen LogP contribution in [0.1, 0.15) is 23.1 Å². The Morgan fingerprint density at radius 2 is 2.11 bits per heavy atom. The molecule has 3 rings (SSSR count). The Kier molecular flexibility index (Phi) is 2.85. The van der Waals surface area contributed by atoms with E-state index in [-0.39, 0.29) is 5.56 Å². The summed E-state index contributed by atoms with van der Waals surface area (Å²) in [6.45, 7) is 4.48. The maximum Gasteiger partial charge on any atom is 0.267 e. The van der Waals surface area contributed by atoms with E-state index in [2.05, 4.69) is 16.3 Å². The van der Waals surface area contributed by atoms with Crippen molar-refractivity contribution in [2.24, 2.45) is 0 Å². The summed E-state index contributed by atoms with van der Waals surface area (Å²) < 4.78 is 5.80. The van der Waals surface area contributed by atoms with Crippen LogP contribution < -0.4 is 10.3 Å². The van der Waals surface area contributed by atoms with Gasteiger partial charge in [-0.15, -0.1) is 0 Å². The van der Waals surface area contributed by atoms with Gasteiger partial charge in [-0.2, -0.15) is 5.10 Å². The highest BCUT2D eigenvalue weighted by Crippen LogP contribution is 2.36. The van der Waals surface area contributed by atoms with E-state index in [1.807, 2.05) is 26.0 Å². The molecule has 2 aromatic rings. The summed E-state index contributed by atoms with van der Waals surface area (Å²) in [7, 11) is 0. The maximum atomic E-state index is 11.6. The number of aromatic amines is 1. The van der Waals surface area contributed by atoms with Crippen LogP contribution in [0.3, 0.4) is 0 Å². The zero-order chi connectivity index (χ0) is 13.4. The van der Waals surface area contributed by atoms with Crippen molar-refractivity contribution < 1.29 is 4.74 Å². The Balaban J connectivity index is 2.23. The highest BCUT2D eigenvalue weighted by molar-refractivity contribution is 5.72. The molecule has 0 saturated heterocycles. The molecular weight excluding hydrogens is 240 g/mol. The number of aryl methyl sites for hydroxylation is 1. The predicted octanol–water partition coefficient (Wildman–Crippen LogP) is 2.38. The quantitative estimate of drug-likeness (QED) is 0.852. The first-order valence-corrected chi connectivity index (χ1v) is 6.49. The van der Waals surface area contributed by atoms with Gasteiger partial charge in [0.1, 0.15) is 5.75 Å². The normalized spacial score (nSPS) is 13.8. The summed E-state index contributed by atoms with van der Waals surface area (Å²) in [5.74, 6) is 0.913. The average Bonchev–Trinajstić information content (AvgIpc) is 2.45. The number of ether oxygens (including phenoxy) is 1. The van der Waals surface area contributed by atoms with Crippen LogP contribution in [0.15, 0.2) is 23.0 Å². The maximum absolute atomic E-state index is 11.6. The highest BCUT2D eigenvalue weighted by Gasteiger charge is 2.18. The second-order valence-electron chi connectivity index (χ2n) is 4.90. The molecule has 1 aliphatic heterocycles. The number of aromatic nitrogens is 2. The first kappa shape index (κ1) is 12.0. The minimum atomic E-state index is -0.132. The van der Waals surface area contributed by atoms with Gasteiger partial charge in [-0.05, 0) is 43.9 Å². The topological polar surface area (TPSA) is 55.0 Å². The van der Waals surface area contributed by atoms with Crippen LogP contribution in [0.5, 0.6) is 5.75 Å². The third-order valence-corrected chi connectivity index (χ3v) is 3.72. The number of rotatable bonds is 1. The summed E-state index contributed by atoms with van der Waals surface area (Å²) in [5, 5.41) is 6.75. The summed E-state index contributed by atoms with van der Waals surface area (Å²) in [5.41, 5.74) is 4.47. The number of fused-ring (bicyclic) bond motifs is 1. The molecule has 4 nitrogen and oxygen atoms in total. The smallest absolute Gasteiger partial charge is 0.267 e. The van der Waals surface area contributed by atoms with Crippen molar-refractivity contribution in [2.75, 3.05) is 6.61 Å². The lowest BCUT2D eigenvalue weighted by Crippen LogP contribution is -2.15. The Labute approximate surface area is 111 Å². The van der Waals surface area contributed by atoms with E-state index >= 15 is 0 Å². The second-order valence-corrected chi connectivity index (χ2v) is 4.90. The molecule has 0 amide bonds. The first-order chi connectivity index (χ1) is 9.18. The highest BCUT2D eigenvalue weighted by atomic mass is 16.5. The summed E-state index contributed by atoms with van der Waals surface area (Å²) in [6, 6.07) is 6.10. The zero-order valence-corrected chi connectivity index (χ0v) is 11.1. The van der Waals surface area contributed by atoms with Gasteiger partial charge in [0, 0.05) is 11.1 Å². The van der Waals surface area contributed by atoms with Crippen molar-refractivity contribution in [3.05, 3.63) is 45.2 Å². The molecule has 1 aromatic heterocycles. The van der Waals surface area contributed by atoms with E-state index in [0.29, 0.717) is 5.56 Å². The first-order valence-electron chi connectivity index (χ1n) is 6.49. The molecule has 2 heterocycles. The van der Waals surface area contributed by atoms with E-state index in [4.69, 9.17) is 4.74 Å². The van der Waals surface area contributed by atoms with Crippen molar-refractivity contribution in [1.82, 2.24) is 10.2 Å². The zero-order valence-electron chi connectivity index (χ0n) is 11.1. The van der Waals surface area contributed by atoms with Crippen molar-refractivity contribution in [2.45, 2.75) is 26.7 Å². The van der Waals surface area contributed by atoms with E-state index in [1.54, 1.807) is 0 Å². The van der Waals surface area contributed by atoms with Crippen LogP contribution in [0.4, 0.5) is 0 Å². The number of hydrogen-bond donors (Lipinski definition) is 1. The molecule has 19 heavy (non-hydrogen) atoms.